The molecule has 6 heteroatoms. The fraction of sp³-hybridized carbons (Fsp3) is 0.133. The van der Waals surface area contributed by atoms with E-state index in [1.165, 1.54) is 6.21 Å². The average Bonchev–Trinajstić information content (AvgIpc) is 2.43. The quantitative estimate of drug-likeness (QED) is 0.693. The first-order valence-electron chi connectivity index (χ1n) is 6.27. The van der Waals surface area contributed by atoms with E-state index in [-0.39, 0.29) is 4.90 Å². The topological polar surface area (TPSA) is 58.5 Å². The fourth-order valence-corrected chi connectivity index (χ4v) is 3.10. The SMILES string of the molecule is Cc1ccc(C)c(S(=O)(=O)N/N=C\c2ccccc2Cl)c1. The summed E-state index contributed by atoms with van der Waals surface area (Å²) < 4.78 is 24.4. The molecule has 0 aliphatic heterocycles. The Morgan fingerprint density at radius 3 is 2.57 bits per heavy atom. The molecule has 0 bridgehead atoms. The van der Waals surface area contributed by atoms with Gasteiger partial charge < -0.3 is 0 Å². The molecule has 2 aromatic rings. The maximum atomic E-state index is 12.2. The summed E-state index contributed by atoms with van der Waals surface area (Å²) in [4.78, 5) is 2.42. The Morgan fingerprint density at radius 2 is 1.86 bits per heavy atom. The van der Waals surface area contributed by atoms with Crippen LogP contribution in [0.2, 0.25) is 5.02 Å². The van der Waals surface area contributed by atoms with Crippen molar-refractivity contribution in [2.45, 2.75) is 18.7 Å². The van der Waals surface area contributed by atoms with Crippen LogP contribution in [-0.4, -0.2) is 14.6 Å². The Morgan fingerprint density at radius 1 is 1.14 bits per heavy atom. The largest absolute Gasteiger partial charge is 0.276 e. The Balaban J connectivity index is 2.23. The number of aryl methyl sites for hydroxylation is 2. The first-order valence-corrected chi connectivity index (χ1v) is 8.13. The number of hydrogen-bond donors (Lipinski definition) is 1. The van der Waals surface area contributed by atoms with E-state index in [0.29, 0.717) is 16.1 Å². The number of hydrogen-bond acceptors (Lipinski definition) is 3. The highest BCUT2D eigenvalue weighted by Crippen LogP contribution is 2.16. The van der Waals surface area contributed by atoms with Gasteiger partial charge in [-0.15, -0.1) is 0 Å². The minimum atomic E-state index is -3.69. The van der Waals surface area contributed by atoms with E-state index in [0.717, 1.165) is 5.56 Å². The number of rotatable bonds is 4. The maximum Gasteiger partial charge on any atom is 0.276 e. The van der Waals surface area contributed by atoms with Gasteiger partial charge in [0, 0.05) is 10.6 Å². The number of hydrazone groups is 1. The first kappa shape index (κ1) is 15.5. The lowest BCUT2D eigenvalue weighted by Gasteiger charge is -2.07. The average molecular weight is 323 g/mol. The lowest BCUT2D eigenvalue weighted by Crippen LogP contribution is -2.19. The molecule has 1 N–H and O–H groups in total. The van der Waals surface area contributed by atoms with Crippen molar-refractivity contribution >= 4 is 27.8 Å². The summed E-state index contributed by atoms with van der Waals surface area (Å²) in [6.07, 6.45) is 1.38. The molecule has 21 heavy (non-hydrogen) atoms. The van der Waals surface area contributed by atoms with Crippen LogP contribution in [-0.2, 0) is 10.0 Å². The number of sulfonamides is 1. The van der Waals surface area contributed by atoms with Crippen LogP contribution in [0.3, 0.4) is 0 Å². The molecular weight excluding hydrogens is 308 g/mol. The van der Waals surface area contributed by atoms with Crippen LogP contribution in [0, 0.1) is 13.8 Å². The molecule has 0 saturated heterocycles. The van der Waals surface area contributed by atoms with Crippen molar-refractivity contribution in [3.05, 3.63) is 64.2 Å². The standard InChI is InChI=1S/C15H15ClN2O2S/c1-11-7-8-12(2)15(9-11)21(19,20)18-17-10-13-5-3-4-6-14(13)16/h3-10,18H,1-2H3/b17-10-. The van der Waals surface area contributed by atoms with Gasteiger partial charge in [-0.2, -0.15) is 13.5 Å². The predicted octanol–water partition coefficient (Wildman–Crippen LogP) is 3.27. The zero-order chi connectivity index (χ0) is 15.5. The highest BCUT2D eigenvalue weighted by Gasteiger charge is 2.15. The monoisotopic (exact) mass is 322 g/mol. The van der Waals surface area contributed by atoms with Crippen LogP contribution in [0.25, 0.3) is 0 Å². The zero-order valence-electron chi connectivity index (χ0n) is 11.7. The van der Waals surface area contributed by atoms with Crippen molar-refractivity contribution < 1.29 is 8.42 Å². The van der Waals surface area contributed by atoms with Gasteiger partial charge >= 0.3 is 0 Å². The Bertz CT molecular complexity index is 786. The molecule has 0 saturated carbocycles. The number of nitrogens with one attached hydrogen (secondary N) is 1. The van der Waals surface area contributed by atoms with Crippen LogP contribution in [0.4, 0.5) is 0 Å². The van der Waals surface area contributed by atoms with Gasteiger partial charge in [0.05, 0.1) is 11.1 Å². The normalized spacial score (nSPS) is 11.8. The molecule has 0 unspecified atom stereocenters. The minimum Gasteiger partial charge on any atom is -0.200 e. The van der Waals surface area contributed by atoms with E-state index in [1.807, 2.05) is 13.0 Å². The van der Waals surface area contributed by atoms with Gasteiger partial charge in [-0.05, 0) is 37.1 Å². The van der Waals surface area contributed by atoms with Crippen molar-refractivity contribution in [3.8, 4) is 0 Å². The summed E-state index contributed by atoms with van der Waals surface area (Å²) >= 11 is 5.97. The van der Waals surface area contributed by atoms with Gasteiger partial charge in [-0.3, -0.25) is 0 Å². The predicted molar refractivity (Wildman–Crippen MR) is 85.3 cm³/mol. The summed E-state index contributed by atoms with van der Waals surface area (Å²) in [6, 6.07) is 12.3. The highest BCUT2D eigenvalue weighted by molar-refractivity contribution is 7.89. The first-order chi connectivity index (χ1) is 9.90. The van der Waals surface area contributed by atoms with Crippen LogP contribution >= 0.6 is 11.6 Å². The van der Waals surface area contributed by atoms with E-state index in [1.54, 1.807) is 43.3 Å². The molecule has 0 atom stereocenters. The summed E-state index contributed by atoms with van der Waals surface area (Å²) in [6.45, 7) is 3.58. The third-order valence-corrected chi connectivity index (χ3v) is 4.62. The Hall–Kier alpha value is -1.85. The van der Waals surface area contributed by atoms with E-state index < -0.39 is 10.0 Å². The minimum absolute atomic E-state index is 0.221. The fourth-order valence-electron chi connectivity index (χ4n) is 1.79. The zero-order valence-corrected chi connectivity index (χ0v) is 13.2. The molecule has 2 rings (SSSR count). The highest BCUT2D eigenvalue weighted by atomic mass is 35.5. The van der Waals surface area contributed by atoms with Crippen molar-refractivity contribution in [2.24, 2.45) is 5.10 Å². The lowest BCUT2D eigenvalue weighted by molar-refractivity contribution is 0.584. The third kappa shape index (κ3) is 3.83. The molecule has 0 aromatic heterocycles. The summed E-state index contributed by atoms with van der Waals surface area (Å²) in [5.41, 5.74) is 2.18. The summed E-state index contributed by atoms with van der Waals surface area (Å²) in [5, 5.41) is 4.28. The number of benzene rings is 2. The maximum absolute atomic E-state index is 12.2. The van der Waals surface area contributed by atoms with Gasteiger partial charge in [0.25, 0.3) is 10.0 Å². The van der Waals surface area contributed by atoms with Gasteiger partial charge in [-0.25, -0.2) is 4.83 Å². The lowest BCUT2D eigenvalue weighted by atomic mass is 10.2. The molecule has 0 fully saturated rings. The van der Waals surface area contributed by atoms with E-state index in [2.05, 4.69) is 9.93 Å². The third-order valence-electron chi connectivity index (χ3n) is 2.91. The number of halogens is 1. The molecule has 0 radical (unpaired) electrons. The van der Waals surface area contributed by atoms with E-state index in [4.69, 9.17) is 11.6 Å². The van der Waals surface area contributed by atoms with Gasteiger partial charge in [-0.1, -0.05) is 41.9 Å². The summed E-state index contributed by atoms with van der Waals surface area (Å²) in [5.74, 6) is 0. The Labute approximate surface area is 129 Å². The van der Waals surface area contributed by atoms with Crippen LogP contribution in [0.1, 0.15) is 16.7 Å². The molecule has 0 heterocycles. The molecule has 2 aromatic carbocycles. The molecule has 110 valence electrons. The molecule has 0 amide bonds. The van der Waals surface area contributed by atoms with Crippen LogP contribution in [0.15, 0.2) is 52.5 Å². The van der Waals surface area contributed by atoms with Crippen molar-refractivity contribution in [1.29, 1.82) is 0 Å². The van der Waals surface area contributed by atoms with Crippen molar-refractivity contribution in [3.63, 3.8) is 0 Å². The van der Waals surface area contributed by atoms with Gasteiger partial charge in [0.2, 0.25) is 0 Å². The molecular formula is C15H15ClN2O2S. The molecule has 0 aliphatic rings. The van der Waals surface area contributed by atoms with E-state index >= 15 is 0 Å². The molecule has 4 nitrogen and oxygen atoms in total. The van der Waals surface area contributed by atoms with Crippen LogP contribution < -0.4 is 4.83 Å². The number of nitrogens with zero attached hydrogens (tertiary/aromatic N) is 1. The smallest absolute Gasteiger partial charge is 0.200 e. The van der Waals surface area contributed by atoms with Crippen molar-refractivity contribution in [1.82, 2.24) is 4.83 Å². The molecule has 0 spiro atoms. The molecule has 0 aliphatic carbocycles. The summed E-state index contributed by atoms with van der Waals surface area (Å²) in [7, 11) is -3.69. The van der Waals surface area contributed by atoms with Gasteiger partial charge in [0.15, 0.2) is 0 Å². The van der Waals surface area contributed by atoms with Gasteiger partial charge in [0.1, 0.15) is 0 Å². The Kier molecular flexibility index (Phi) is 4.65. The second-order valence-corrected chi connectivity index (χ2v) is 6.68. The van der Waals surface area contributed by atoms with Crippen molar-refractivity contribution in [2.75, 3.05) is 0 Å². The second-order valence-electron chi connectivity index (χ2n) is 4.64. The van der Waals surface area contributed by atoms with E-state index in [9.17, 15) is 8.42 Å². The second kappa shape index (κ2) is 6.28. The van der Waals surface area contributed by atoms with Crippen LogP contribution in [0.5, 0.6) is 0 Å².